The molecule has 2 aliphatic rings. The first kappa shape index (κ1) is 19.9. The summed E-state index contributed by atoms with van der Waals surface area (Å²) in [6.45, 7) is 6.30. The van der Waals surface area contributed by atoms with Crippen LogP contribution in [-0.2, 0) is 9.36 Å². The number of hydrogen-bond donors (Lipinski definition) is 0. The zero-order chi connectivity index (χ0) is 14.9. The van der Waals surface area contributed by atoms with Crippen molar-refractivity contribution in [2.24, 2.45) is 23.7 Å². The molecule has 2 saturated carbocycles. The molecule has 2 fully saturated rings. The van der Waals surface area contributed by atoms with Crippen LogP contribution < -0.4 is 34.5 Å². The normalized spacial score (nSPS) is 37.3. The Bertz CT molecular complexity index is 394. The third-order valence-corrected chi connectivity index (χ3v) is 7.81. The van der Waals surface area contributed by atoms with Gasteiger partial charge in [0.15, 0.2) is 5.52 Å². The molecule has 2 rings (SSSR count). The van der Waals surface area contributed by atoms with Gasteiger partial charge in [-0.2, -0.15) is 0 Å². The van der Waals surface area contributed by atoms with E-state index in [0.29, 0.717) is 18.8 Å². The van der Waals surface area contributed by atoms with E-state index in [1.54, 1.807) is 0 Å². The molecule has 3 unspecified atom stereocenters. The molecule has 0 aromatic rings. The molecule has 0 radical (unpaired) electrons. The second-order valence-corrected chi connectivity index (χ2v) is 9.65. The Morgan fingerprint density at radius 1 is 1.00 bits per heavy atom. The Labute approximate surface area is 151 Å². The summed E-state index contributed by atoms with van der Waals surface area (Å²) in [5.41, 5.74) is -0.793. The van der Waals surface area contributed by atoms with Crippen molar-refractivity contribution in [2.75, 3.05) is 0 Å². The van der Waals surface area contributed by atoms with Crippen LogP contribution in [0, 0.1) is 23.7 Å². The average Bonchev–Trinajstić information content (AvgIpc) is 2.38. The average molecular weight is 322 g/mol. The van der Waals surface area contributed by atoms with Crippen LogP contribution in [0.15, 0.2) is 0 Å². The van der Waals surface area contributed by atoms with Crippen molar-refractivity contribution >= 4 is 12.9 Å². The first-order chi connectivity index (χ1) is 9.34. The summed E-state index contributed by atoms with van der Waals surface area (Å²) in [6.07, 6.45) is 6.36. The Hall–Kier alpha value is 0.860. The Morgan fingerprint density at radius 3 is 1.95 bits per heavy atom. The third kappa shape index (κ3) is 4.44. The summed E-state index contributed by atoms with van der Waals surface area (Å²) in [4.78, 5) is 25.3. The fourth-order valence-corrected chi connectivity index (χ4v) is 6.84. The second kappa shape index (κ2) is 8.11. The van der Waals surface area contributed by atoms with E-state index in [4.69, 9.17) is 0 Å². The first-order valence-electron chi connectivity index (χ1n) is 8.19. The van der Waals surface area contributed by atoms with Gasteiger partial charge in [-0.1, -0.05) is 40.0 Å². The molecule has 0 aliphatic heterocycles. The van der Waals surface area contributed by atoms with E-state index in [1.807, 2.05) is 0 Å². The van der Waals surface area contributed by atoms with Gasteiger partial charge >= 0.3 is 29.6 Å². The predicted octanol–water partition coefficient (Wildman–Crippen LogP) is 0.806. The number of rotatable bonds is 3. The van der Waals surface area contributed by atoms with Crippen LogP contribution >= 0.6 is 7.37 Å². The number of carbonyl (C=O) groups is 1. The zero-order valence-corrected chi connectivity index (χ0v) is 16.9. The van der Waals surface area contributed by atoms with Gasteiger partial charge in [-0.3, -0.25) is 4.79 Å². The summed E-state index contributed by atoms with van der Waals surface area (Å²) in [5.74, 6) is 0.737. The van der Waals surface area contributed by atoms with E-state index < -0.39 is 12.9 Å². The monoisotopic (exact) mass is 322 g/mol. The predicted molar refractivity (Wildman–Crippen MR) is 79.7 cm³/mol. The van der Waals surface area contributed by atoms with Crippen LogP contribution in [0.25, 0.3) is 0 Å². The van der Waals surface area contributed by atoms with Crippen molar-refractivity contribution in [3.8, 4) is 0 Å². The fourth-order valence-electron chi connectivity index (χ4n) is 4.52. The Morgan fingerprint density at radius 2 is 1.48 bits per heavy atom. The van der Waals surface area contributed by atoms with E-state index in [0.717, 1.165) is 32.1 Å². The molecule has 3 atom stereocenters. The van der Waals surface area contributed by atoms with Crippen molar-refractivity contribution in [1.82, 2.24) is 0 Å². The summed E-state index contributed by atoms with van der Waals surface area (Å²) in [6, 6.07) is 0. The van der Waals surface area contributed by atoms with Crippen LogP contribution in [0.4, 0.5) is 0 Å². The molecule has 0 heterocycles. The largest absolute Gasteiger partial charge is 1.00 e. The van der Waals surface area contributed by atoms with Gasteiger partial charge in [-0.05, 0) is 43.4 Å². The molecule has 116 valence electrons. The summed E-state index contributed by atoms with van der Waals surface area (Å²) >= 11 is 0. The SMILES string of the molecule is CC1CC(C)C(C(=O)P(=O)([O-])C2CCCCC2)C(C)C1.[Na+]. The van der Waals surface area contributed by atoms with Crippen LogP contribution in [-0.4, -0.2) is 11.2 Å². The molecule has 0 N–H and O–H groups in total. The van der Waals surface area contributed by atoms with Crippen molar-refractivity contribution in [3.05, 3.63) is 0 Å². The molecule has 0 aromatic carbocycles. The minimum absolute atomic E-state index is 0. The van der Waals surface area contributed by atoms with Crippen LogP contribution in [0.1, 0.15) is 65.7 Å². The van der Waals surface area contributed by atoms with E-state index >= 15 is 0 Å². The van der Waals surface area contributed by atoms with Crippen molar-refractivity contribution in [2.45, 2.75) is 71.4 Å². The van der Waals surface area contributed by atoms with E-state index in [1.165, 1.54) is 0 Å². The van der Waals surface area contributed by atoms with Gasteiger partial charge in [0, 0.05) is 11.6 Å². The van der Waals surface area contributed by atoms with Crippen LogP contribution in [0.2, 0.25) is 0 Å². The van der Waals surface area contributed by atoms with Crippen LogP contribution in [0.3, 0.4) is 0 Å². The smallest absolute Gasteiger partial charge is 0.794 e. The third-order valence-electron chi connectivity index (χ3n) is 5.42. The van der Waals surface area contributed by atoms with Crippen molar-refractivity contribution in [1.29, 1.82) is 0 Å². The Kier molecular flexibility index (Phi) is 7.68. The molecule has 5 heteroatoms. The molecule has 2 aliphatic carbocycles. The van der Waals surface area contributed by atoms with Gasteiger partial charge < -0.3 is 9.46 Å². The molecule has 0 bridgehead atoms. The minimum Gasteiger partial charge on any atom is -0.794 e. The topological polar surface area (TPSA) is 57.2 Å². The summed E-state index contributed by atoms with van der Waals surface area (Å²) in [5, 5.41) is 0. The van der Waals surface area contributed by atoms with Crippen LogP contribution in [0.5, 0.6) is 0 Å². The summed E-state index contributed by atoms with van der Waals surface area (Å²) in [7, 11) is -3.91. The van der Waals surface area contributed by atoms with E-state index in [-0.39, 0.29) is 53.0 Å². The maximum atomic E-state index is 12.7. The Balaban J connectivity index is 0.00000220. The minimum atomic E-state index is -3.91. The molecule has 0 saturated heterocycles. The molecule has 21 heavy (non-hydrogen) atoms. The summed E-state index contributed by atoms with van der Waals surface area (Å²) < 4.78 is 12.6. The molecule has 3 nitrogen and oxygen atoms in total. The number of hydrogen-bond acceptors (Lipinski definition) is 3. The standard InChI is InChI=1S/C16H29O3P.Na/c1-11-9-12(2)15(13(3)10-11)16(17)20(18,19)14-7-5-4-6-8-14;/h11-15H,4-10H2,1-3H3,(H,18,19);/q;+1/p-1. The van der Waals surface area contributed by atoms with Gasteiger partial charge in [0.2, 0.25) is 0 Å². The van der Waals surface area contributed by atoms with Gasteiger partial charge in [-0.25, -0.2) is 0 Å². The first-order valence-corrected chi connectivity index (χ1v) is 9.88. The van der Waals surface area contributed by atoms with E-state index in [9.17, 15) is 14.3 Å². The molecular weight excluding hydrogens is 294 g/mol. The molecular formula is C16H28NaO3P. The van der Waals surface area contributed by atoms with Gasteiger partial charge in [0.25, 0.3) is 0 Å². The molecule has 0 aromatic heterocycles. The zero-order valence-electron chi connectivity index (χ0n) is 14.0. The van der Waals surface area contributed by atoms with Gasteiger partial charge in [0.05, 0.1) is 7.37 Å². The number of carbonyl (C=O) groups excluding carboxylic acids is 1. The maximum Gasteiger partial charge on any atom is 1.00 e. The van der Waals surface area contributed by atoms with Crippen molar-refractivity contribution in [3.63, 3.8) is 0 Å². The maximum absolute atomic E-state index is 12.7. The van der Waals surface area contributed by atoms with E-state index in [2.05, 4.69) is 20.8 Å². The molecule has 0 spiro atoms. The second-order valence-electron chi connectivity index (χ2n) is 7.28. The van der Waals surface area contributed by atoms with Gasteiger partial charge in [-0.15, -0.1) is 0 Å². The fraction of sp³-hybridized carbons (Fsp3) is 0.938. The van der Waals surface area contributed by atoms with Crippen molar-refractivity contribution < 1.29 is 43.8 Å². The quantitative estimate of drug-likeness (QED) is 0.571. The molecule has 0 amide bonds. The van der Waals surface area contributed by atoms with Gasteiger partial charge in [0.1, 0.15) is 0 Å².